The van der Waals surface area contributed by atoms with E-state index < -0.39 is 12.0 Å². The van der Waals surface area contributed by atoms with Gasteiger partial charge in [-0.05, 0) is 42.2 Å². The van der Waals surface area contributed by atoms with Gasteiger partial charge in [-0.2, -0.15) is 0 Å². The van der Waals surface area contributed by atoms with Crippen molar-refractivity contribution in [3.8, 4) is 11.5 Å². The highest BCUT2D eigenvalue weighted by Gasteiger charge is 2.35. The molecule has 0 bridgehead atoms. The zero-order valence-electron chi connectivity index (χ0n) is 16.3. The minimum Gasteiger partial charge on any atom is -0.493 e. The van der Waals surface area contributed by atoms with Crippen LogP contribution in [0.1, 0.15) is 42.0 Å². The molecule has 0 spiro atoms. The van der Waals surface area contributed by atoms with Gasteiger partial charge >= 0.3 is 5.97 Å². The quantitative estimate of drug-likeness (QED) is 0.827. The molecule has 0 radical (unpaired) electrons. The first-order chi connectivity index (χ1) is 13.5. The van der Waals surface area contributed by atoms with Gasteiger partial charge in [0, 0.05) is 6.54 Å². The number of benzene rings is 2. The Morgan fingerprint density at radius 3 is 2.39 bits per heavy atom. The third-order valence-electron chi connectivity index (χ3n) is 5.32. The first kappa shape index (κ1) is 19.7. The van der Waals surface area contributed by atoms with E-state index in [0.29, 0.717) is 24.5 Å². The number of aliphatic carboxylic acids is 1. The van der Waals surface area contributed by atoms with Crippen LogP contribution >= 0.6 is 0 Å². The van der Waals surface area contributed by atoms with Crippen molar-refractivity contribution < 1.29 is 24.2 Å². The second-order valence-electron chi connectivity index (χ2n) is 6.93. The Balaban J connectivity index is 1.99. The number of hydrogen-bond acceptors (Lipinski definition) is 4. The summed E-state index contributed by atoms with van der Waals surface area (Å²) in [5.41, 5.74) is 2.71. The van der Waals surface area contributed by atoms with Crippen LogP contribution in [-0.4, -0.2) is 42.6 Å². The van der Waals surface area contributed by atoms with Gasteiger partial charge in [0.2, 0.25) is 5.91 Å². The Labute approximate surface area is 164 Å². The summed E-state index contributed by atoms with van der Waals surface area (Å²) in [4.78, 5) is 26.5. The monoisotopic (exact) mass is 383 g/mol. The second kappa shape index (κ2) is 8.33. The van der Waals surface area contributed by atoms with Gasteiger partial charge in [-0.3, -0.25) is 9.59 Å². The molecule has 0 saturated heterocycles. The van der Waals surface area contributed by atoms with Gasteiger partial charge in [-0.1, -0.05) is 30.3 Å². The number of amides is 1. The van der Waals surface area contributed by atoms with Gasteiger partial charge < -0.3 is 19.5 Å². The van der Waals surface area contributed by atoms with Crippen molar-refractivity contribution >= 4 is 11.9 Å². The first-order valence-corrected chi connectivity index (χ1v) is 9.28. The smallest absolute Gasteiger partial charge is 0.305 e. The summed E-state index contributed by atoms with van der Waals surface area (Å²) in [6, 6.07) is 12.7. The Morgan fingerprint density at radius 1 is 1.14 bits per heavy atom. The van der Waals surface area contributed by atoms with Gasteiger partial charge in [0.1, 0.15) is 0 Å². The normalized spacial score (nSPS) is 16.8. The Kier molecular flexibility index (Phi) is 5.87. The number of hydrogen-bond donors (Lipinski definition) is 1. The summed E-state index contributed by atoms with van der Waals surface area (Å²) in [6.07, 6.45) is 0.481. The molecule has 0 saturated carbocycles. The maximum atomic E-state index is 13.3. The van der Waals surface area contributed by atoms with Crippen molar-refractivity contribution in [1.82, 2.24) is 4.90 Å². The van der Waals surface area contributed by atoms with E-state index in [9.17, 15) is 14.7 Å². The third-order valence-corrected chi connectivity index (χ3v) is 5.32. The van der Waals surface area contributed by atoms with Crippen molar-refractivity contribution in [2.75, 3.05) is 20.8 Å². The number of nitrogens with zero attached hydrogens (tertiary/aromatic N) is 1. The van der Waals surface area contributed by atoms with E-state index in [4.69, 9.17) is 9.47 Å². The molecular formula is C22H25NO5. The largest absolute Gasteiger partial charge is 0.493 e. The maximum Gasteiger partial charge on any atom is 0.305 e. The molecule has 3 rings (SSSR count). The van der Waals surface area contributed by atoms with Crippen LogP contribution in [0.15, 0.2) is 42.5 Å². The van der Waals surface area contributed by atoms with Crippen LogP contribution < -0.4 is 9.47 Å². The summed E-state index contributed by atoms with van der Waals surface area (Å²) in [5.74, 6) is -0.232. The molecule has 1 unspecified atom stereocenters. The van der Waals surface area contributed by atoms with Gasteiger partial charge in [0.05, 0.1) is 32.6 Å². The van der Waals surface area contributed by atoms with E-state index in [-0.39, 0.29) is 18.2 Å². The average molecular weight is 383 g/mol. The highest BCUT2D eigenvalue weighted by Crippen LogP contribution is 2.40. The lowest BCUT2D eigenvalue weighted by Crippen LogP contribution is -2.42. The zero-order chi connectivity index (χ0) is 20.3. The second-order valence-corrected chi connectivity index (χ2v) is 6.93. The van der Waals surface area contributed by atoms with Crippen LogP contribution in [0.5, 0.6) is 11.5 Å². The first-order valence-electron chi connectivity index (χ1n) is 9.28. The Bertz CT molecular complexity index is 865. The summed E-state index contributed by atoms with van der Waals surface area (Å²) in [7, 11) is 3.11. The molecule has 2 aromatic carbocycles. The van der Waals surface area contributed by atoms with E-state index >= 15 is 0 Å². The number of methoxy groups -OCH3 is 2. The zero-order valence-corrected chi connectivity index (χ0v) is 16.3. The highest BCUT2D eigenvalue weighted by molar-refractivity contribution is 5.85. The summed E-state index contributed by atoms with van der Waals surface area (Å²) < 4.78 is 10.8. The number of carbonyl (C=O) groups is 2. The lowest BCUT2D eigenvalue weighted by atomic mass is 9.88. The minimum absolute atomic E-state index is 0.0714. The molecule has 6 heteroatoms. The topological polar surface area (TPSA) is 76.1 Å². The van der Waals surface area contributed by atoms with Crippen LogP contribution in [0.4, 0.5) is 0 Å². The van der Waals surface area contributed by atoms with E-state index in [1.54, 1.807) is 25.2 Å². The molecule has 148 valence electrons. The molecule has 6 nitrogen and oxygen atoms in total. The Morgan fingerprint density at radius 2 is 1.79 bits per heavy atom. The fraction of sp³-hybridized carbons (Fsp3) is 0.364. The van der Waals surface area contributed by atoms with Gasteiger partial charge in [-0.15, -0.1) is 0 Å². The number of carboxylic acids is 1. The molecule has 0 fully saturated rings. The number of rotatable bonds is 6. The minimum atomic E-state index is -0.946. The molecule has 1 heterocycles. The standard InChI is InChI=1S/C22H25NO5/c1-14(15-7-5-4-6-8-15)22(26)23-10-9-16-11-19(27-2)20(28-3)12-17(16)18(23)13-21(24)25/h4-8,11-12,14,18H,9-10,13H2,1-3H3,(H,24,25)/t14-,18?/m1/s1. The maximum absolute atomic E-state index is 13.3. The number of ether oxygens (including phenoxy) is 2. The Hall–Kier alpha value is -3.02. The van der Waals surface area contributed by atoms with E-state index in [0.717, 1.165) is 16.7 Å². The lowest BCUT2D eigenvalue weighted by Gasteiger charge is -2.38. The molecule has 1 aliphatic rings. The highest BCUT2D eigenvalue weighted by atomic mass is 16.5. The number of carbonyl (C=O) groups excluding carboxylic acids is 1. The van der Waals surface area contributed by atoms with E-state index in [2.05, 4.69) is 0 Å². The van der Waals surface area contributed by atoms with Crippen LogP contribution in [0.2, 0.25) is 0 Å². The van der Waals surface area contributed by atoms with E-state index in [1.807, 2.05) is 43.3 Å². The fourth-order valence-corrected chi connectivity index (χ4v) is 3.81. The van der Waals surface area contributed by atoms with Gasteiger partial charge in [-0.25, -0.2) is 0 Å². The molecular weight excluding hydrogens is 358 g/mol. The molecule has 28 heavy (non-hydrogen) atoms. The van der Waals surface area contributed by atoms with Crippen LogP contribution in [0.3, 0.4) is 0 Å². The van der Waals surface area contributed by atoms with Crippen LogP contribution in [0.25, 0.3) is 0 Å². The van der Waals surface area contributed by atoms with Crippen molar-refractivity contribution in [2.45, 2.75) is 31.7 Å². The summed E-state index contributed by atoms with van der Waals surface area (Å²) in [6.45, 7) is 2.33. The SMILES string of the molecule is COc1cc2c(cc1OC)C(CC(=O)O)N(C(=O)[C@H](C)c1ccccc1)CC2. The average Bonchev–Trinajstić information content (AvgIpc) is 2.72. The fourth-order valence-electron chi connectivity index (χ4n) is 3.81. The van der Waals surface area contributed by atoms with Gasteiger partial charge in [0.25, 0.3) is 0 Å². The molecule has 1 N–H and O–H groups in total. The predicted molar refractivity (Wildman–Crippen MR) is 105 cm³/mol. The molecule has 0 aliphatic carbocycles. The molecule has 1 amide bonds. The van der Waals surface area contributed by atoms with Gasteiger partial charge in [0.15, 0.2) is 11.5 Å². The molecule has 0 aromatic heterocycles. The van der Waals surface area contributed by atoms with E-state index in [1.165, 1.54) is 0 Å². The lowest BCUT2D eigenvalue weighted by molar-refractivity contribution is -0.141. The van der Waals surface area contributed by atoms with Crippen molar-refractivity contribution in [3.05, 3.63) is 59.2 Å². The number of carboxylic acid groups (broad SMARTS) is 1. The molecule has 2 atom stereocenters. The predicted octanol–water partition coefficient (Wildman–Crippen LogP) is 3.41. The van der Waals surface area contributed by atoms with Crippen LogP contribution in [-0.2, 0) is 16.0 Å². The molecule has 2 aromatic rings. The van der Waals surface area contributed by atoms with Crippen molar-refractivity contribution in [1.29, 1.82) is 0 Å². The molecule has 1 aliphatic heterocycles. The number of fused-ring (bicyclic) bond motifs is 1. The van der Waals surface area contributed by atoms with Crippen molar-refractivity contribution in [3.63, 3.8) is 0 Å². The summed E-state index contributed by atoms with van der Waals surface area (Å²) >= 11 is 0. The third kappa shape index (κ3) is 3.81. The van der Waals surface area contributed by atoms with Crippen molar-refractivity contribution in [2.24, 2.45) is 0 Å². The summed E-state index contributed by atoms with van der Waals surface area (Å²) in [5, 5.41) is 9.48. The van der Waals surface area contributed by atoms with Crippen LogP contribution in [0, 0.1) is 0 Å².